The van der Waals surface area contributed by atoms with Crippen LogP contribution in [0.1, 0.15) is 35.3 Å². The highest BCUT2D eigenvalue weighted by Gasteiger charge is 2.19. The fourth-order valence-electron chi connectivity index (χ4n) is 2.68. The molecule has 1 heterocycles. The van der Waals surface area contributed by atoms with Crippen molar-refractivity contribution in [1.82, 2.24) is 15.1 Å². The van der Waals surface area contributed by atoms with Crippen LogP contribution < -0.4 is 5.32 Å². The molecule has 114 valence electrons. The van der Waals surface area contributed by atoms with Crippen LogP contribution >= 0.6 is 27.5 Å². The standard InChI is InChI=1S/C16H21BrClN3/c1-5-19-15(13-7-6-12(17)8-10(13)2)9-14-11(3)20-21(4)16(14)18/h6-8,15,19H,5,9H2,1-4H3. The van der Waals surface area contributed by atoms with Crippen LogP contribution in [-0.4, -0.2) is 16.3 Å². The van der Waals surface area contributed by atoms with Crippen LogP contribution in [0.2, 0.25) is 5.15 Å². The monoisotopic (exact) mass is 369 g/mol. The second-order valence-corrected chi connectivity index (χ2v) is 6.57. The number of nitrogens with zero attached hydrogens (tertiary/aromatic N) is 2. The van der Waals surface area contributed by atoms with Gasteiger partial charge in [0, 0.05) is 23.1 Å². The van der Waals surface area contributed by atoms with Gasteiger partial charge in [-0.25, -0.2) is 0 Å². The zero-order valence-corrected chi connectivity index (χ0v) is 15.2. The molecule has 21 heavy (non-hydrogen) atoms. The van der Waals surface area contributed by atoms with Crippen molar-refractivity contribution in [3.05, 3.63) is 50.2 Å². The summed E-state index contributed by atoms with van der Waals surface area (Å²) >= 11 is 9.90. The van der Waals surface area contributed by atoms with E-state index in [4.69, 9.17) is 11.6 Å². The van der Waals surface area contributed by atoms with Crippen LogP contribution in [0.15, 0.2) is 22.7 Å². The highest BCUT2D eigenvalue weighted by molar-refractivity contribution is 9.10. The van der Waals surface area contributed by atoms with Gasteiger partial charge < -0.3 is 5.32 Å². The Hall–Kier alpha value is -0.840. The summed E-state index contributed by atoms with van der Waals surface area (Å²) in [6, 6.07) is 6.65. The van der Waals surface area contributed by atoms with Crippen LogP contribution in [0, 0.1) is 13.8 Å². The number of nitrogens with one attached hydrogen (secondary N) is 1. The number of halogens is 2. The van der Waals surface area contributed by atoms with E-state index in [1.54, 1.807) is 4.68 Å². The van der Waals surface area contributed by atoms with Gasteiger partial charge in [0.05, 0.1) is 5.69 Å². The number of rotatable bonds is 5. The third kappa shape index (κ3) is 3.68. The zero-order valence-electron chi connectivity index (χ0n) is 12.9. The number of benzene rings is 1. The molecule has 0 saturated heterocycles. The summed E-state index contributed by atoms with van der Waals surface area (Å²) in [4.78, 5) is 0. The lowest BCUT2D eigenvalue weighted by atomic mass is 9.95. The summed E-state index contributed by atoms with van der Waals surface area (Å²) in [5.74, 6) is 0. The number of hydrogen-bond donors (Lipinski definition) is 1. The van der Waals surface area contributed by atoms with Crippen LogP contribution in [-0.2, 0) is 13.5 Å². The molecule has 2 aromatic rings. The maximum atomic E-state index is 6.38. The molecule has 0 aliphatic carbocycles. The molecule has 0 bridgehead atoms. The number of aryl methyl sites for hydroxylation is 3. The van der Waals surface area contributed by atoms with Crippen LogP contribution in [0.25, 0.3) is 0 Å². The Balaban J connectivity index is 2.35. The molecular weight excluding hydrogens is 350 g/mol. The smallest absolute Gasteiger partial charge is 0.130 e. The van der Waals surface area contributed by atoms with Crippen LogP contribution in [0.4, 0.5) is 0 Å². The molecule has 1 N–H and O–H groups in total. The third-order valence-corrected chi connectivity index (χ3v) is 4.70. The molecule has 3 nitrogen and oxygen atoms in total. The van der Waals surface area contributed by atoms with E-state index < -0.39 is 0 Å². The molecule has 0 spiro atoms. The summed E-state index contributed by atoms with van der Waals surface area (Å²) in [5.41, 5.74) is 4.69. The van der Waals surface area contributed by atoms with Crippen molar-refractivity contribution in [2.45, 2.75) is 33.2 Å². The van der Waals surface area contributed by atoms with E-state index >= 15 is 0 Å². The SMILES string of the molecule is CCNC(Cc1c(C)nn(C)c1Cl)c1ccc(Br)cc1C. The maximum absolute atomic E-state index is 6.38. The highest BCUT2D eigenvalue weighted by Crippen LogP contribution is 2.28. The normalized spacial score (nSPS) is 12.7. The molecule has 1 atom stereocenters. The lowest BCUT2D eigenvalue weighted by Crippen LogP contribution is -2.24. The maximum Gasteiger partial charge on any atom is 0.130 e. The van der Waals surface area contributed by atoms with Gasteiger partial charge in [0.1, 0.15) is 5.15 Å². The predicted molar refractivity (Wildman–Crippen MR) is 92.0 cm³/mol. The number of hydrogen-bond acceptors (Lipinski definition) is 2. The van der Waals surface area contributed by atoms with E-state index in [2.05, 4.69) is 58.4 Å². The molecule has 1 unspecified atom stereocenters. The van der Waals surface area contributed by atoms with Crippen molar-refractivity contribution in [3.8, 4) is 0 Å². The lowest BCUT2D eigenvalue weighted by Gasteiger charge is -2.21. The Morgan fingerprint density at radius 1 is 1.38 bits per heavy atom. The van der Waals surface area contributed by atoms with Crippen molar-refractivity contribution in [2.75, 3.05) is 6.54 Å². The Morgan fingerprint density at radius 2 is 2.10 bits per heavy atom. The summed E-state index contributed by atoms with van der Waals surface area (Å²) in [6.45, 7) is 7.19. The first-order valence-corrected chi connectivity index (χ1v) is 8.28. The highest BCUT2D eigenvalue weighted by atomic mass is 79.9. The molecule has 0 radical (unpaired) electrons. The summed E-state index contributed by atoms with van der Waals surface area (Å²) in [5, 5.41) is 8.69. The molecular formula is C16H21BrClN3. The van der Waals surface area contributed by atoms with Crippen LogP contribution in [0.5, 0.6) is 0 Å². The molecule has 0 saturated carbocycles. The van der Waals surface area contributed by atoms with E-state index in [-0.39, 0.29) is 6.04 Å². The molecule has 0 aliphatic heterocycles. The molecule has 1 aromatic carbocycles. The van der Waals surface area contributed by atoms with Gasteiger partial charge in [0.25, 0.3) is 0 Å². The molecule has 0 amide bonds. The lowest BCUT2D eigenvalue weighted by molar-refractivity contribution is 0.546. The van der Waals surface area contributed by atoms with E-state index in [0.29, 0.717) is 0 Å². The first-order chi connectivity index (χ1) is 9.93. The summed E-state index contributed by atoms with van der Waals surface area (Å²) in [7, 11) is 1.88. The van der Waals surface area contributed by atoms with E-state index in [9.17, 15) is 0 Å². The molecule has 5 heteroatoms. The van der Waals surface area contributed by atoms with Gasteiger partial charge in [0.15, 0.2) is 0 Å². The predicted octanol–water partition coefficient (Wildman–Crippen LogP) is 4.35. The molecule has 0 aliphatic rings. The van der Waals surface area contributed by atoms with Crippen molar-refractivity contribution in [2.24, 2.45) is 7.05 Å². The van der Waals surface area contributed by atoms with E-state index in [0.717, 1.165) is 33.8 Å². The van der Waals surface area contributed by atoms with E-state index in [1.807, 2.05) is 14.0 Å². The minimum absolute atomic E-state index is 0.239. The summed E-state index contributed by atoms with van der Waals surface area (Å²) in [6.07, 6.45) is 0.842. The van der Waals surface area contributed by atoms with Crippen LogP contribution in [0.3, 0.4) is 0 Å². The fourth-order valence-corrected chi connectivity index (χ4v) is 3.41. The number of aromatic nitrogens is 2. The Kier molecular flexibility index (Phi) is 5.47. The molecule has 2 rings (SSSR count). The van der Waals surface area contributed by atoms with Crippen molar-refractivity contribution in [1.29, 1.82) is 0 Å². The van der Waals surface area contributed by atoms with Crippen molar-refractivity contribution in [3.63, 3.8) is 0 Å². The quantitative estimate of drug-likeness (QED) is 0.848. The van der Waals surface area contributed by atoms with Crippen molar-refractivity contribution < 1.29 is 0 Å². The number of likely N-dealkylation sites (N-methyl/N-ethyl adjacent to an activating group) is 1. The van der Waals surface area contributed by atoms with Gasteiger partial charge in [-0.05, 0) is 50.1 Å². The van der Waals surface area contributed by atoms with Gasteiger partial charge in [-0.15, -0.1) is 0 Å². The fraction of sp³-hybridized carbons (Fsp3) is 0.438. The second-order valence-electron chi connectivity index (χ2n) is 5.29. The van der Waals surface area contributed by atoms with Gasteiger partial charge in [-0.3, -0.25) is 4.68 Å². The largest absolute Gasteiger partial charge is 0.310 e. The minimum atomic E-state index is 0.239. The minimum Gasteiger partial charge on any atom is -0.310 e. The second kappa shape index (κ2) is 6.95. The molecule has 0 fully saturated rings. The van der Waals surface area contributed by atoms with E-state index in [1.165, 1.54) is 11.1 Å². The van der Waals surface area contributed by atoms with Gasteiger partial charge >= 0.3 is 0 Å². The Morgan fingerprint density at radius 3 is 2.62 bits per heavy atom. The first-order valence-electron chi connectivity index (χ1n) is 7.11. The summed E-state index contributed by atoms with van der Waals surface area (Å²) < 4.78 is 2.85. The topological polar surface area (TPSA) is 29.9 Å². The average Bonchev–Trinajstić information content (AvgIpc) is 2.65. The average molecular weight is 371 g/mol. The third-order valence-electron chi connectivity index (χ3n) is 3.74. The molecule has 1 aromatic heterocycles. The first kappa shape index (κ1) is 16.5. The zero-order chi connectivity index (χ0) is 15.6. The Bertz CT molecular complexity index is 637. The van der Waals surface area contributed by atoms with Gasteiger partial charge in [-0.1, -0.05) is 40.5 Å². The Labute approximate surface area is 139 Å². The van der Waals surface area contributed by atoms with Crippen molar-refractivity contribution >= 4 is 27.5 Å². The van der Waals surface area contributed by atoms with Gasteiger partial charge in [0.2, 0.25) is 0 Å². The van der Waals surface area contributed by atoms with Gasteiger partial charge in [-0.2, -0.15) is 5.10 Å².